The molecule has 0 spiro atoms. The molecule has 8 heteroatoms. The van der Waals surface area contributed by atoms with Gasteiger partial charge in [-0.25, -0.2) is 4.98 Å². The largest absolute Gasteiger partial charge is 0.375 e. The summed E-state index contributed by atoms with van der Waals surface area (Å²) in [6.45, 7) is 3.63. The molecule has 4 rings (SSSR count). The third-order valence-corrected chi connectivity index (χ3v) is 5.34. The molecule has 0 radical (unpaired) electrons. The van der Waals surface area contributed by atoms with Crippen LogP contribution in [0.25, 0.3) is 0 Å². The smallest absolute Gasteiger partial charge is 0.247 e. The minimum Gasteiger partial charge on any atom is -0.375 e. The first kappa shape index (κ1) is 17.8. The fourth-order valence-electron chi connectivity index (χ4n) is 2.97. The number of hydrogen-bond donors (Lipinski definition) is 2. The molecule has 27 heavy (non-hydrogen) atoms. The summed E-state index contributed by atoms with van der Waals surface area (Å²) < 4.78 is 10.5. The molecule has 1 aliphatic heterocycles. The standard InChI is InChI=1S/C19H20N4O3S/c1-12-9-16(23-26-12)22-19(24)18(13-5-3-2-4-6-13)20-10-17-21-14-7-8-25-11-15(14)27-17/h2-6,9,18,20H,7-8,10-11H2,1H3,(H,22,23,24). The molecule has 0 saturated heterocycles. The van der Waals surface area contributed by atoms with Crippen molar-refractivity contribution in [2.24, 2.45) is 0 Å². The van der Waals surface area contributed by atoms with Gasteiger partial charge in [-0.1, -0.05) is 35.5 Å². The van der Waals surface area contributed by atoms with Crippen LogP contribution in [-0.2, 0) is 29.1 Å². The molecular weight excluding hydrogens is 364 g/mol. The normalized spacial score (nSPS) is 14.6. The Balaban J connectivity index is 1.49. The number of hydrogen-bond acceptors (Lipinski definition) is 7. The molecule has 1 aliphatic rings. The number of fused-ring (bicyclic) bond motifs is 1. The van der Waals surface area contributed by atoms with E-state index >= 15 is 0 Å². The summed E-state index contributed by atoms with van der Waals surface area (Å²) in [4.78, 5) is 18.7. The number of benzene rings is 1. The van der Waals surface area contributed by atoms with Gasteiger partial charge in [0, 0.05) is 19.0 Å². The van der Waals surface area contributed by atoms with Crippen LogP contribution in [0.1, 0.15) is 32.9 Å². The van der Waals surface area contributed by atoms with Crippen molar-refractivity contribution in [3.05, 3.63) is 63.3 Å². The summed E-state index contributed by atoms with van der Waals surface area (Å²) >= 11 is 1.63. The molecule has 1 unspecified atom stereocenters. The summed E-state index contributed by atoms with van der Waals surface area (Å²) in [5.74, 6) is 0.853. The monoisotopic (exact) mass is 384 g/mol. The van der Waals surface area contributed by atoms with Gasteiger partial charge >= 0.3 is 0 Å². The van der Waals surface area contributed by atoms with Gasteiger partial charge in [-0.3, -0.25) is 10.1 Å². The average Bonchev–Trinajstić information content (AvgIpc) is 3.28. The van der Waals surface area contributed by atoms with E-state index in [4.69, 9.17) is 9.26 Å². The van der Waals surface area contributed by atoms with E-state index in [1.165, 1.54) is 4.88 Å². The Morgan fingerprint density at radius 1 is 1.33 bits per heavy atom. The number of anilines is 1. The topological polar surface area (TPSA) is 89.3 Å². The quantitative estimate of drug-likeness (QED) is 0.679. The maximum Gasteiger partial charge on any atom is 0.247 e. The highest BCUT2D eigenvalue weighted by Gasteiger charge is 2.22. The zero-order valence-corrected chi connectivity index (χ0v) is 15.7. The first-order chi connectivity index (χ1) is 13.2. The van der Waals surface area contributed by atoms with Gasteiger partial charge in [0.2, 0.25) is 5.91 Å². The van der Waals surface area contributed by atoms with Gasteiger partial charge in [0.15, 0.2) is 5.82 Å². The summed E-state index contributed by atoms with van der Waals surface area (Å²) in [6, 6.07) is 10.8. The number of carbonyl (C=O) groups is 1. The lowest BCUT2D eigenvalue weighted by molar-refractivity contribution is -0.118. The van der Waals surface area contributed by atoms with Crippen LogP contribution in [0.2, 0.25) is 0 Å². The number of amides is 1. The molecule has 1 atom stereocenters. The van der Waals surface area contributed by atoms with E-state index in [2.05, 4.69) is 20.8 Å². The van der Waals surface area contributed by atoms with Crippen molar-refractivity contribution in [3.63, 3.8) is 0 Å². The minimum absolute atomic E-state index is 0.195. The van der Waals surface area contributed by atoms with E-state index in [-0.39, 0.29) is 5.91 Å². The molecule has 7 nitrogen and oxygen atoms in total. The summed E-state index contributed by atoms with van der Waals surface area (Å²) in [5, 5.41) is 10.9. The summed E-state index contributed by atoms with van der Waals surface area (Å²) in [6.07, 6.45) is 0.847. The Kier molecular flexibility index (Phi) is 5.28. The average molecular weight is 384 g/mol. The molecule has 1 aromatic carbocycles. The van der Waals surface area contributed by atoms with E-state index < -0.39 is 6.04 Å². The summed E-state index contributed by atoms with van der Waals surface area (Å²) in [7, 11) is 0. The van der Waals surface area contributed by atoms with Gasteiger partial charge in [0.05, 0.1) is 23.8 Å². The third kappa shape index (κ3) is 4.24. The molecule has 0 fully saturated rings. The fraction of sp³-hybridized carbons (Fsp3) is 0.316. The highest BCUT2D eigenvalue weighted by molar-refractivity contribution is 7.11. The van der Waals surface area contributed by atoms with E-state index in [0.717, 1.165) is 29.3 Å². The van der Waals surface area contributed by atoms with Crippen molar-refractivity contribution < 1.29 is 14.1 Å². The Hall–Kier alpha value is -2.55. The van der Waals surface area contributed by atoms with Crippen LogP contribution in [0.4, 0.5) is 5.82 Å². The Morgan fingerprint density at radius 2 is 2.19 bits per heavy atom. The maximum atomic E-state index is 12.8. The van der Waals surface area contributed by atoms with E-state index in [1.807, 2.05) is 30.3 Å². The Labute approximate surface area is 160 Å². The maximum absolute atomic E-state index is 12.8. The number of aromatic nitrogens is 2. The predicted octanol–water partition coefficient (Wildman–Crippen LogP) is 2.98. The number of thiazole rings is 1. The van der Waals surface area contributed by atoms with Crippen molar-refractivity contribution in [2.45, 2.75) is 32.5 Å². The van der Waals surface area contributed by atoms with Crippen LogP contribution in [0.3, 0.4) is 0 Å². The second kappa shape index (κ2) is 7.99. The number of rotatable bonds is 6. The van der Waals surface area contributed by atoms with Gasteiger partial charge in [-0.2, -0.15) is 0 Å². The van der Waals surface area contributed by atoms with Crippen LogP contribution in [0, 0.1) is 6.92 Å². The fourth-order valence-corrected chi connectivity index (χ4v) is 3.98. The third-order valence-electron chi connectivity index (χ3n) is 4.27. The molecule has 0 bridgehead atoms. The molecule has 1 amide bonds. The van der Waals surface area contributed by atoms with Gasteiger partial charge in [-0.05, 0) is 12.5 Å². The molecule has 2 N–H and O–H groups in total. The van der Waals surface area contributed by atoms with Crippen molar-refractivity contribution in [2.75, 3.05) is 11.9 Å². The highest BCUT2D eigenvalue weighted by atomic mass is 32.1. The second-order valence-electron chi connectivity index (χ2n) is 6.32. The number of aryl methyl sites for hydroxylation is 1. The van der Waals surface area contributed by atoms with Crippen LogP contribution < -0.4 is 10.6 Å². The number of nitrogens with zero attached hydrogens (tertiary/aromatic N) is 2. The van der Waals surface area contributed by atoms with Gasteiger partial charge < -0.3 is 14.6 Å². The lowest BCUT2D eigenvalue weighted by Gasteiger charge is -2.17. The highest BCUT2D eigenvalue weighted by Crippen LogP contribution is 2.24. The van der Waals surface area contributed by atoms with Gasteiger partial charge in [-0.15, -0.1) is 11.3 Å². The molecule has 3 aromatic rings. The van der Waals surface area contributed by atoms with Crippen molar-refractivity contribution in [3.8, 4) is 0 Å². The zero-order valence-electron chi connectivity index (χ0n) is 14.9. The molecule has 140 valence electrons. The van der Waals surface area contributed by atoms with Gasteiger partial charge in [0.25, 0.3) is 0 Å². The molecule has 3 heterocycles. The van der Waals surface area contributed by atoms with E-state index in [9.17, 15) is 4.79 Å². The molecule has 2 aromatic heterocycles. The lowest BCUT2D eigenvalue weighted by atomic mass is 10.1. The minimum atomic E-state index is -0.527. The zero-order chi connectivity index (χ0) is 18.6. The first-order valence-electron chi connectivity index (χ1n) is 8.77. The molecule has 0 saturated carbocycles. The van der Waals surface area contributed by atoms with Crippen LogP contribution in [0.15, 0.2) is 40.9 Å². The van der Waals surface area contributed by atoms with Gasteiger partial charge in [0.1, 0.15) is 16.8 Å². The van der Waals surface area contributed by atoms with E-state index in [0.29, 0.717) is 24.7 Å². The number of carbonyl (C=O) groups excluding carboxylic acids is 1. The molecule has 0 aliphatic carbocycles. The van der Waals surface area contributed by atoms with Crippen LogP contribution in [-0.4, -0.2) is 22.7 Å². The van der Waals surface area contributed by atoms with Crippen LogP contribution >= 0.6 is 11.3 Å². The van der Waals surface area contributed by atoms with Crippen LogP contribution in [0.5, 0.6) is 0 Å². The SMILES string of the molecule is Cc1cc(NC(=O)C(NCc2nc3c(s2)COCC3)c2ccccc2)no1. The second-order valence-corrected chi connectivity index (χ2v) is 7.48. The molecular formula is C19H20N4O3S. The van der Waals surface area contributed by atoms with Crippen molar-refractivity contribution in [1.29, 1.82) is 0 Å². The number of nitrogens with one attached hydrogen (secondary N) is 2. The summed E-state index contributed by atoms with van der Waals surface area (Å²) in [5.41, 5.74) is 1.99. The Bertz CT molecular complexity index is 899. The number of ether oxygens (including phenoxy) is 1. The lowest BCUT2D eigenvalue weighted by Crippen LogP contribution is -2.32. The van der Waals surface area contributed by atoms with E-state index in [1.54, 1.807) is 24.3 Å². The van der Waals surface area contributed by atoms with Crippen molar-refractivity contribution in [1.82, 2.24) is 15.5 Å². The van der Waals surface area contributed by atoms with Crippen molar-refractivity contribution >= 4 is 23.1 Å². The predicted molar refractivity (Wildman–Crippen MR) is 101 cm³/mol. The first-order valence-corrected chi connectivity index (χ1v) is 9.58. The Morgan fingerprint density at radius 3 is 2.93 bits per heavy atom.